The van der Waals surface area contributed by atoms with E-state index in [1.54, 1.807) is 25.1 Å². The average Bonchev–Trinajstić information content (AvgIpc) is 2.76. The summed E-state index contributed by atoms with van der Waals surface area (Å²) < 4.78 is 55.5. The summed E-state index contributed by atoms with van der Waals surface area (Å²) in [5, 5.41) is 0. The summed E-state index contributed by atoms with van der Waals surface area (Å²) in [6.07, 6.45) is 9.56. The average molecular weight is 501 g/mol. The molecule has 1 unspecified atom stereocenters. The van der Waals surface area contributed by atoms with Gasteiger partial charge in [0.15, 0.2) is 11.6 Å². The fourth-order valence-electron chi connectivity index (χ4n) is 5.25. The van der Waals surface area contributed by atoms with Gasteiger partial charge < -0.3 is 0 Å². The Kier molecular flexibility index (Phi) is 9.17. The largest absolute Gasteiger partial charge is 1.00 e. The van der Waals surface area contributed by atoms with Gasteiger partial charge in [-0.15, -0.1) is 11.6 Å². The van der Waals surface area contributed by atoms with Crippen LogP contribution >= 0.6 is 0 Å². The molecule has 160 valence electrons. The van der Waals surface area contributed by atoms with Crippen LogP contribution in [0.25, 0.3) is 5.57 Å². The zero-order valence-corrected chi connectivity index (χ0v) is 23.2. The molecule has 1 atom stereocenters. The summed E-state index contributed by atoms with van der Waals surface area (Å²) in [4.78, 5) is 0. The molecule has 2 aromatic carbocycles. The summed E-state index contributed by atoms with van der Waals surface area (Å²) in [5.41, 5.74) is 2.09. The molecule has 2 aliphatic rings. The Morgan fingerprint density at radius 1 is 0.871 bits per heavy atom. The summed E-state index contributed by atoms with van der Waals surface area (Å²) in [6.45, 7) is 1.57. The van der Waals surface area contributed by atoms with Gasteiger partial charge in [-0.05, 0) is 87.2 Å². The fraction of sp³-hybridized carbons (Fsp3) is 0.462. The van der Waals surface area contributed by atoms with Gasteiger partial charge in [-0.1, -0.05) is 18.2 Å². The van der Waals surface area contributed by atoms with Crippen molar-refractivity contribution >= 4 is 5.57 Å². The van der Waals surface area contributed by atoms with Gasteiger partial charge in [0.05, 0.1) is 0 Å². The van der Waals surface area contributed by atoms with Gasteiger partial charge in [0.1, 0.15) is 0 Å². The zero-order valence-electron chi connectivity index (χ0n) is 18.3. The third-order valence-electron chi connectivity index (χ3n) is 7.11. The molecule has 0 bridgehead atoms. The second kappa shape index (κ2) is 11.2. The Bertz CT molecular complexity index is 945. The Hall–Kier alpha value is -0.295. The first-order valence-corrected chi connectivity index (χ1v) is 10.9. The summed E-state index contributed by atoms with van der Waals surface area (Å²) >= 11 is 0. The minimum absolute atomic E-state index is 0. The van der Waals surface area contributed by atoms with E-state index < -0.39 is 23.3 Å². The molecule has 0 heterocycles. The summed E-state index contributed by atoms with van der Waals surface area (Å²) in [7, 11) is 0. The van der Waals surface area contributed by atoms with Crippen molar-refractivity contribution in [3.8, 4) is 0 Å². The molecule has 0 aromatic heterocycles. The summed E-state index contributed by atoms with van der Waals surface area (Å²) in [6, 6.07) is 8.67. The number of halogens is 4. The first-order valence-electron chi connectivity index (χ1n) is 10.9. The smallest absolute Gasteiger partial charge is 0.281 e. The molecule has 2 aliphatic carbocycles. The zero-order chi connectivity index (χ0) is 21.3. The van der Waals surface area contributed by atoms with E-state index in [4.69, 9.17) is 0 Å². The fourth-order valence-corrected chi connectivity index (χ4v) is 5.25. The van der Waals surface area contributed by atoms with E-state index in [1.165, 1.54) is 6.07 Å². The molecule has 0 spiro atoms. The molecule has 0 amide bonds. The van der Waals surface area contributed by atoms with Crippen LogP contribution < -0.4 is 58.2 Å². The molecule has 1 saturated carbocycles. The van der Waals surface area contributed by atoms with Crippen molar-refractivity contribution in [2.75, 3.05) is 0 Å². The Balaban J connectivity index is 0.00000272. The van der Waals surface area contributed by atoms with Crippen LogP contribution in [0.3, 0.4) is 0 Å². The minimum Gasteiger partial charge on any atom is -0.281 e. The number of benzene rings is 2. The predicted octanol–water partition coefficient (Wildman–Crippen LogP) is 4.59. The molecule has 0 N–H and O–H groups in total. The minimum atomic E-state index is -0.893. The summed E-state index contributed by atoms with van der Waals surface area (Å²) in [5.74, 6) is -1.57. The first kappa shape index (κ1) is 25.3. The van der Waals surface area contributed by atoms with Crippen molar-refractivity contribution in [2.24, 2.45) is 17.8 Å². The van der Waals surface area contributed by atoms with Gasteiger partial charge in [0.25, 0.3) is 0 Å². The third kappa shape index (κ3) is 5.80. The van der Waals surface area contributed by atoms with Gasteiger partial charge in [-0.25, -0.2) is 13.2 Å². The number of rotatable bonds is 4. The van der Waals surface area contributed by atoms with E-state index in [0.717, 1.165) is 50.5 Å². The van der Waals surface area contributed by atoms with E-state index >= 15 is 0 Å². The molecule has 4 rings (SSSR count). The van der Waals surface area contributed by atoms with E-state index in [9.17, 15) is 17.6 Å². The Morgan fingerprint density at radius 3 is 2.29 bits per heavy atom. The normalized spacial score (nSPS) is 23.8. The van der Waals surface area contributed by atoms with Gasteiger partial charge in [0.2, 0.25) is 0 Å². The van der Waals surface area contributed by atoms with Crippen LogP contribution in [0.5, 0.6) is 0 Å². The maximum absolute atomic E-state index is 14.3. The van der Waals surface area contributed by atoms with Crippen LogP contribution in [0.4, 0.5) is 17.6 Å². The van der Waals surface area contributed by atoms with Crippen LogP contribution in [0.15, 0.2) is 30.3 Å². The number of hydrogen-bond acceptors (Lipinski definition) is 0. The molecule has 1 fully saturated rings. The molecule has 5 heteroatoms. The standard InChI is InChI=1S/C26H27F4.Rb/c1-16-5-14-22(26(30)24(16)28)20-12-10-19(11-13-20)18-8-6-17(7-9-18)15-21-3-2-4-23(27)25(21)29;/h2-3,5,12,14,17-19H,6-11,13,15H2,1H3;/q-1;+1. The molecular formula is C26H27F4Rb. The van der Waals surface area contributed by atoms with Crippen LogP contribution in [0, 0.1) is 54.0 Å². The number of aryl methyl sites for hydroxylation is 1. The van der Waals surface area contributed by atoms with Crippen LogP contribution in [0.2, 0.25) is 0 Å². The van der Waals surface area contributed by atoms with Crippen molar-refractivity contribution < 1.29 is 75.7 Å². The van der Waals surface area contributed by atoms with Crippen molar-refractivity contribution in [3.63, 3.8) is 0 Å². The van der Waals surface area contributed by atoms with Gasteiger partial charge in [-0.3, -0.25) is 4.39 Å². The van der Waals surface area contributed by atoms with Gasteiger partial charge in [0, 0.05) is 17.2 Å². The molecule has 31 heavy (non-hydrogen) atoms. The topological polar surface area (TPSA) is 0 Å². The molecule has 2 aromatic rings. The van der Waals surface area contributed by atoms with Crippen molar-refractivity contribution in [1.82, 2.24) is 0 Å². The molecule has 0 nitrogen and oxygen atoms in total. The van der Waals surface area contributed by atoms with Crippen molar-refractivity contribution in [3.05, 3.63) is 76.4 Å². The van der Waals surface area contributed by atoms with Gasteiger partial charge >= 0.3 is 58.2 Å². The predicted molar refractivity (Wildman–Crippen MR) is 111 cm³/mol. The van der Waals surface area contributed by atoms with Crippen molar-refractivity contribution in [1.29, 1.82) is 0 Å². The van der Waals surface area contributed by atoms with E-state index in [-0.39, 0.29) is 58.2 Å². The first-order chi connectivity index (χ1) is 14.4. The number of hydrogen-bond donors (Lipinski definition) is 0. The second-order valence-electron chi connectivity index (χ2n) is 8.94. The molecule has 0 saturated heterocycles. The third-order valence-corrected chi connectivity index (χ3v) is 7.11. The van der Waals surface area contributed by atoms with Crippen LogP contribution in [-0.2, 0) is 6.42 Å². The van der Waals surface area contributed by atoms with E-state index in [0.29, 0.717) is 40.9 Å². The van der Waals surface area contributed by atoms with E-state index in [2.05, 4.69) is 12.1 Å². The maximum atomic E-state index is 14.3. The van der Waals surface area contributed by atoms with Gasteiger partial charge in [-0.2, -0.15) is 12.1 Å². The van der Waals surface area contributed by atoms with Crippen molar-refractivity contribution in [2.45, 2.75) is 58.3 Å². The Labute approximate surface area is 231 Å². The quantitative estimate of drug-likeness (QED) is 0.425. The van der Waals surface area contributed by atoms with Crippen LogP contribution in [0.1, 0.15) is 61.6 Å². The van der Waals surface area contributed by atoms with Crippen LogP contribution in [-0.4, -0.2) is 0 Å². The molecular weight excluding hydrogens is 474 g/mol. The molecule has 0 aliphatic heterocycles. The second-order valence-corrected chi connectivity index (χ2v) is 8.94. The Morgan fingerprint density at radius 2 is 1.61 bits per heavy atom. The maximum Gasteiger partial charge on any atom is 1.00 e. The van der Waals surface area contributed by atoms with E-state index in [1.807, 2.05) is 0 Å². The number of allylic oxidation sites excluding steroid dienone is 2. The molecule has 0 radical (unpaired) electrons. The monoisotopic (exact) mass is 500 g/mol. The SMILES string of the molecule is Cc1ccc(C2=CCC(C3CCC(Cc4cc[c-]c(F)c4F)CC3)CC2)c(F)c1F.[Rb+].